The molecule has 2 heteroatoms. The van der Waals surface area contributed by atoms with Crippen molar-refractivity contribution >= 4 is 20.2 Å². The van der Waals surface area contributed by atoms with Crippen molar-refractivity contribution in [2.45, 2.75) is 6.55 Å². The van der Waals surface area contributed by atoms with E-state index in [1.165, 1.54) is 33.1 Å². The molecule has 0 aliphatic heterocycles. The van der Waals surface area contributed by atoms with Crippen molar-refractivity contribution in [3.8, 4) is 22.4 Å². The molecule has 0 N–H and O–H groups in total. The summed E-state index contributed by atoms with van der Waals surface area (Å²) in [5, 5.41) is 1.51. The molecule has 0 unspecified atom stereocenters. The molecule has 0 saturated carbocycles. The van der Waals surface area contributed by atoms with Gasteiger partial charge in [-0.3, -0.25) is 0 Å². The SMILES string of the molecule is C[SiH2]c1ccc(-c2cccc3cc(-c4ccccc4)cn23)cc1. The van der Waals surface area contributed by atoms with E-state index in [4.69, 9.17) is 0 Å². The first kappa shape index (κ1) is 14.0. The van der Waals surface area contributed by atoms with Crippen LogP contribution in [0, 0.1) is 0 Å². The molecule has 0 aliphatic rings. The van der Waals surface area contributed by atoms with Crippen LogP contribution in [0.25, 0.3) is 27.9 Å². The lowest BCUT2D eigenvalue weighted by Crippen LogP contribution is -2.08. The number of nitrogens with zero attached hydrogens (tertiary/aromatic N) is 1. The minimum Gasteiger partial charge on any atom is -0.316 e. The van der Waals surface area contributed by atoms with Gasteiger partial charge < -0.3 is 4.40 Å². The second-order valence-electron chi connectivity index (χ2n) is 5.85. The van der Waals surface area contributed by atoms with Crippen molar-refractivity contribution in [3.05, 3.63) is 85.1 Å². The van der Waals surface area contributed by atoms with Gasteiger partial charge in [-0.1, -0.05) is 72.4 Å². The Labute approximate surface area is 139 Å². The summed E-state index contributed by atoms with van der Waals surface area (Å²) >= 11 is 0. The fourth-order valence-corrected chi connectivity index (χ4v) is 3.78. The first-order valence-corrected chi connectivity index (χ1v) is 10.2. The molecule has 0 saturated heterocycles. The first-order valence-electron chi connectivity index (χ1n) is 8.11. The van der Waals surface area contributed by atoms with Crippen LogP contribution in [0.4, 0.5) is 0 Å². The third kappa shape index (κ3) is 2.62. The van der Waals surface area contributed by atoms with Crippen LogP contribution in [0.15, 0.2) is 85.1 Å². The Balaban J connectivity index is 1.85. The molecule has 2 aromatic carbocycles. The van der Waals surface area contributed by atoms with Gasteiger partial charge in [-0.05, 0) is 29.3 Å². The zero-order chi connectivity index (χ0) is 15.6. The number of benzene rings is 2. The molecule has 23 heavy (non-hydrogen) atoms. The third-order valence-corrected chi connectivity index (χ3v) is 5.68. The van der Waals surface area contributed by atoms with Gasteiger partial charge >= 0.3 is 0 Å². The number of hydrogen-bond donors (Lipinski definition) is 0. The highest BCUT2D eigenvalue weighted by Crippen LogP contribution is 2.27. The summed E-state index contributed by atoms with van der Waals surface area (Å²) in [4.78, 5) is 0. The van der Waals surface area contributed by atoms with E-state index >= 15 is 0 Å². The Bertz CT molecular complexity index is 937. The monoisotopic (exact) mass is 313 g/mol. The predicted molar refractivity (Wildman–Crippen MR) is 102 cm³/mol. The van der Waals surface area contributed by atoms with Gasteiger partial charge in [0.2, 0.25) is 0 Å². The normalized spacial score (nSPS) is 11.5. The summed E-state index contributed by atoms with van der Waals surface area (Å²) in [7, 11) is -0.0834. The van der Waals surface area contributed by atoms with Crippen LogP contribution in [0.3, 0.4) is 0 Å². The number of aromatic nitrogens is 1. The van der Waals surface area contributed by atoms with Crippen molar-refractivity contribution in [1.82, 2.24) is 4.40 Å². The summed E-state index contributed by atoms with van der Waals surface area (Å²) in [6, 6.07) is 28.4. The number of hydrogen-bond acceptors (Lipinski definition) is 0. The summed E-state index contributed by atoms with van der Waals surface area (Å²) in [6.45, 7) is 2.33. The fraction of sp³-hybridized carbons (Fsp3) is 0.0476. The molecule has 0 spiro atoms. The van der Waals surface area contributed by atoms with Gasteiger partial charge in [0.25, 0.3) is 0 Å². The molecular weight excluding hydrogens is 294 g/mol. The summed E-state index contributed by atoms with van der Waals surface area (Å²) in [5.41, 5.74) is 6.27. The van der Waals surface area contributed by atoms with Crippen LogP contribution in [0.1, 0.15) is 0 Å². The average molecular weight is 313 g/mol. The molecule has 0 radical (unpaired) electrons. The molecule has 112 valence electrons. The van der Waals surface area contributed by atoms with E-state index in [2.05, 4.69) is 96.0 Å². The molecule has 4 aromatic rings. The number of rotatable bonds is 3. The predicted octanol–water partition coefficient (Wildman–Crippen LogP) is 4.12. The lowest BCUT2D eigenvalue weighted by molar-refractivity contribution is 1.21. The Kier molecular flexibility index (Phi) is 3.60. The first-order chi connectivity index (χ1) is 11.3. The maximum Gasteiger partial charge on any atom is 0.0528 e. The van der Waals surface area contributed by atoms with E-state index in [1.54, 1.807) is 0 Å². The van der Waals surface area contributed by atoms with Gasteiger partial charge in [-0.15, -0.1) is 0 Å². The molecule has 2 heterocycles. The molecule has 0 amide bonds. The van der Waals surface area contributed by atoms with Crippen molar-refractivity contribution in [2.75, 3.05) is 0 Å². The second kappa shape index (κ2) is 5.90. The molecular formula is C21H19NSi. The topological polar surface area (TPSA) is 4.41 Å². The summed E-state index contributed by atoms with van der Waals surface area (Å²) in [5.74, 6) is 0. The average Bonchev–Trinajstić information content (AvgIpc) is 3.07. The Morgan fingerprint density at radius 1 is 0.696 bits per heavy atom. The van der Waals surface area contributed by atoms with E-state index < -0.39 is 0 Å². The molecule has 1 nitrogen and oxygen atoms in total. The lowest BCUT2D eigenvalue weighted by Gasteiger charge is -2.07. The van der Waals surface area contributed by atoms with E-state index in [9.17, 15) is 0 Å². The van der Waals surface area contributed by atoms with Crippen LogP contribution >= 0.6 is 0 Å². The van der Waals surface area contributed by atoms with Crippen LogP contribution in [-0.4, -0.2) is 13.9 Å². The second-order valence-corrected chi connectivity index (χ2v) is 7.37. The zero-order valence-corrected chi connectivity index (χ0v) is 14.7. The van der Waals surface area contributed by atoms with E-state index in [0.29, 0.717) is 0 Å². The third-order valence-electron chi connectivity index (χ3n) is 4.40. The van der Waals surface area contributed by atoms with Crippen LogP contribution < -0.4 is 5.19 Å². The smallest absolute Gasteiger partial charge is 0.0528 e. The quantitative estimate of drug-likeness (QED) is 0.501. The minimum atomic E-state index is -0.0834. The van der Waals surface area contributed by atoms with Crippen molar-refractivity contribution < 1.29 is 0 Å². The van der Waals surface area contributed by atoms with Crippen LogP contribution in [0.5, 0.6) is 0 Å². The molecule has 0 aliphatic carbocycles. The van der Waals surface area contributed by atoms with Crippen molar-refractivity contribution in [1.29, 1.82) is 0 Å². The molecule has 0 atom stereocenters. The number of pyridine rings is 1. The van der Waals surface area contributed by atoms with Gasteiger partial charge in [0, 0.05) is 17.3 Å². The lowest BCUT2D eigenvalue weighted by atomic mass is 10.1. The van der Waals surface area contributed by atoms with Crippen LogP contribution in [-0.2, 0) is 0 Å². The van der Waals surface area contributed by atoms with Crippen LogP contribution in [0.2, 0.25) is 6.55 Å². The van der Waals surface area contributed by atoms with Gasteiger partial charge in [0.15, 0.2) is 0 Å². The summed E-state index contributed by atoms with van der Waals surface area (Å²) < 4.78 is 2.29. The number of fused-ring (bicyclic) bond motifs is 1. The van der Waals surface area contributed by atoms with Crippen molar-refractivity contribution in [3.63, 3.8) is 0 Å². The molecule has 0 fully saturated rings. The van der Waals surface area contributed by atoms with E-state index in [1.807, 2.05) is 0 Å². The minimum absolute atomic E-state index is 0.0834. The maximum absolute atomic E-state index is 2.33. The van der Waals surface area contributed by atoms with E-state index in [0.717, 1.165) is 0 Å². The highest BCUT2D eigenvalue weighted by atomic mass is 28.2. The largest absolute Gasteiger partial charge is 0.316 e. The Hall–Kier alpha value is -2.58. The molecule has 4 rings (SSSR count). The van der Waals surface area contributed by atoms with Gasteiger partial charge in [0.1, 0.15) is 0 Å². The molecule has 0 bridgehead atoms. The van der Waals surface area contributed by atoms with Gasteiger partial charge in [-0.25, -0.2) is 0 Å². The highest BCUT2D eigenvalue weighted by Gasteiger charge is 2.07. The maximum atomic E-state index is 2.33. The molecule has 2 aromatic heterocycles. The van der Waals surface area contributed by atoms with Crippen molar-refractivity contribution in [2.24, 2.45) is 0 Å². The Morgan fingerprint density at radius 3 is 2.22 bits per heavy atom. The zero-order valence-electron chi connectivity index (χ0n) is 13.2. The standard InChI is InChI=1S/C21H19NSi/c1-23-20-12-10-17(11-13-20)21-9-5-8-19-14-18(15-22(19)21)16-6-3-2-4-7-16/h2-15H,23H2,1H3. The van der Waals surface area contributed by atoms with E-state index in [-0.39, 0.29) is 9.52 Å². The van der Waals surface area contributed by atoms with Gasteiger partial charge in [-0.2, -0.15) is 0 Å². The van der Waals surface area contributed by atoms with Gasteiger partial charge in [0.05, 0.1) is 15.2 Å². The summed E-state index contributed by atoms with van der Waals surface area (Å²) in [6.07, 6.45) is 2.24. The Morgan fingerprint density at radius 2 is 1.48 bits per heavy atom. The fourth-order valence-electron chi connectivity index (χ4n) is 3.07. The highest BCUT2D eigenvalue weighted by molar-refractivity contribution is 6.51.